The Kier molecular flexibility index (Phi) is 4.03. The second-order valence-corrected chi connectivity index (χ2v) is 7.68. The first kappa shape index (κ1) is 13.9. The van der Waals surface area contributed by atoms with Crippen LogP contribution in [0.3, 0.4) is 0 Å². The first-order valence-corrected chi connectivity index (χ1v) is 7.69. The quantitative estimate of drug-likeness (QED) is 0.784. The molecule has 3 unspecified atom stereocenters. The second kappa shape index (κ2) is 4.63. The molecule has 1 saturated carbocycles. The molecule has 1 aliphatic rings. The molecule has 0 aliphatic heterocycles. The summed E-state index contributed by atoms with van der Waals surface area (Å²) < 4.78 is 27.6. The van der Waals surface area contributed by atoms with E-state index in [0.717, 1.165) is 6.42 Å². The predicted molar refractivity (Wildman–Crippen MR) is 65.3 cm³/mol. The van der Waals surface area contributed by atoms with Crippen molar-refractivity contribution in [1.82, 2.24) is 5.32 Å². The fourth-order valence-corrected chi connectivity index (χ4v) is 3.42. The van der Waals surface area contributed by atoms with Crippen molar-refractivity contribution in [2.24, 2.45) is 5.41 Å². The Labute approximate surface area is 98.7 Å². The van der Waals surface area contributed by atoms with Gasteiger partial charge in [0.15, 0.2) is 0 Å². The maximum Gasteiger partial charge on any atom is 0.148 e. The molecule has 0 heterocycles. The van der Waals surface area contributed by atoms with Gasteiger partial charge < -0.3 is 10.1 Å². The van der Waals surface area contributed by atoms with Crippen molar-refractivity contribution in [3.8, 4) is 0 Å². The van der Waals surface area contributed by atoms with Crippen LogP contribution in [0.1, 0.15) is 27.2 Å². The highest BCUT2D eigenvalue weighted by Gasteiger charge is 2.48. The van der Waals surface area contributed by atoms with Gasteiger partial charge in [0, 0.05) is 30.9 Å². The molecule has 0 bridgehead atoms. The molecule has 1 fully saturated rings. The van der Waals surface area contributed by atoms with E-state index < -0.39 is 9.84 Å². The van der Waals surface area contributed by atoms with E-state index in [0.29, 0.717) is 6.04 Å². The number of sulfone groups is 1. The average molecular weight is 249 g/mol. The third-order valence-electron chi connectivity index (χ3n) is 3.50. The molecule has 16 heavy (non-hydrogen) atoms. The molecule has 0 saturated heterocycles. The number of nitrogens with one attached hydrogen (secondary N) is 1. The SMILES string of the molecule is COC1CC(NC(C)CS(C)(=O)=O)C1(C)C. The average Bonchev–Trinajstić information content (AvgIpc) is 2.08. The van der Waals surface area contributed by atoms with Crippen LogP contribution in [-0.4, -0.2) is 45.7 Å². The van der Waals surface area contributed by atoms with Gasteiger partial charge in [0.05, 0.1) is 11.9 Å². The lowest BCUT2D eigenvalue weighted by atomic mass is 9.64. The minimum absolute atomic E-state index is 0.00270. The summed E-state index contributed by atoms with van der Waals surface area (Å²) in [6.07, 6.45) is 2.50. The van der Waals surface area contributed by atoms with Crippen molar-refractivity contribution in [3.05, 3.63) is 0 Å². The zero-order chi connectivity index (χ0) is 12.6. The molecule has 1 rings (SSSR count). The Morgan fingerprint density at radius 2 is 2.06 bits per heavy atom. The molecule has 1 aliphatic carbocycles. The van der Waals surface area contributed by atoms with Crippen LogP contribution in [0, 0.1) is 5.41 Å². The van der Waals surface area contributed by atoms with Crippen LogP contribution in [0.25, 0.3) is 0 Å². The molecular weight excluding hydrogens is 226 g/mol. The van der Waals surface area contributed by atoms with Gasteiger partial charge in [-0.05, 0) is 13.3 Å². The Morgan fingerprint density at radius 1 is 1.50 bits per heavy atom. The first-order valence-electron chi connectivity index (χ1n) is 5.63. The van der Waals surface area contributed by atoms with E-state index in [-0.39, 0.29) is 23.3 Å². The summed E-state index contributed by atoms with van der Waals surface area (Å²) in [6, 6.07) is 0.339. The van der Waals surface area contributed by atoms with Gasteiger partial charge in [-0.25, -0.2) is 8.42 Å². The molecule has 0 radical (unpaired) electrons. The number of ether oxygens (including phenoxy) is 1. The van der Waals surface area contributed by atoms with Crippen LogP contribution in [0.15, 0.2) is 0 Å². The van der Waals surface area contributed by atoms with Crippen LogP contribution >= 0.6 is 0 Å². The van der Waals surface area contributed by atoms with Gasteiger partial charge in [-0.1, -0.05) is 13.8 Å². The normalized spacial score (nSPS) is 30.8. The first-order chi connectivity index (χ1) is 7.16. The summed E-state index contributed by atoms with van der Waals surface area (Å²) in [4.78, 5) is 0. The van der Waals surface area contributed by atoms with E-state index >= 15 is 0 Å². The van der Waals surface area contributed by atoms with Crippen molar-refractivity contribution >= 4 is 9.84 Å². The van der Waals surface area contributed by atoms with Crippen LogP contribution < -0.4 is 5.32 Å². The number of methoxy groups -OCH3 is 1. The Morgan fingerprint density at radius 3 is 2.44 bits per heavy atom. The van der Waals surface area contributed by atoms with Crippen molar-refractivity contribution in [3.63, 3.8) is 0 Å². The Bertz CT molecular complexity index is 337. The molecule has 0 aromatic heterocycles. The zero-order valence-corrected chi connectivity index (χ0v) is 11.6. The van der Waals surface area contributed by atoms with Gasteiger partial charge in [0.25, 0.3) is 0 Å². The van der Waals surface area contributed by atoms with Crippen LogP contribution in [0.2, 0.25) is 0 Å². The lowest BCUT2D eigenvalue weighted by molar-refractivity contribution is -0.0992. The lowest BCUT2D eigenvalue weighted by Crippen LogP contribution is -2.62. The minimum atomic E-state index is -2.90. The number of rotatable bonds is 5. The minimum Gasteiger partial charge on any atom is -0.381 e. The number of hydrogen-bond acceptors (Lipinski definition) is 4. The highest BCUT2D eigenvalue weighted by atomic mass is 32.2. The van der Waals surface area contributed by atoms with E-state index in [2.05, 4.69) is 19.2 Å². The van der Waals surface area contributed by atoms with Crippen LogP contribution in [0.5, 0.6) is 0 Å². The topological polar surface area (TPSA) is 55.4 Å². The summed E-state index contributed by atoms with van der Waals surface area (Å²) in [7, 11) is -1.18. The zero-order valence-electron chi connectivity index (χ0n) is 10.8. The van der Waals surface area contributed by atoms with Gasteiger partial charge in [-0.2, -0.15) is 0 Å². The standard InChI is InChI=1S/C11H23NO3S/c1-8(7-16(5,13)14)12-9-6-10(15-4)11(9,2)3/h8-10,12H,6-7H2,1-5H3. The molecule has 5 heteroatoms. The summed E-state index contributed by atoms with van der Waals surface area (Å²) in [5, 5.41) is 3.37. The third-order valence-corrected chi connectivity index (χ3v) is 4.61. The summed E-state index contributed by atoms with van der Waals surface area (Å²) in [5.41, 5.74) is 0.0838. The highest BCUT2D eigenvalue weighted by Crippen LogP contribution is 2.42. The summed E-state index contributed by atoms with van der Waals surface area (Å²) in [6.45, 7) is 6.21. The van der Waals surface area contributed by atoms with Gasteiger partial charge in [-0.3, -0.25) is 0 Å². The highest BCUT2D eigenvalue weighted by molar-refractivity contribution is 7.90. The second-order valence-electron chi connectivity index (χ2n) is 5.49. The molecule has 0 amide bonds. The van der Waals surface area contributed by atoms with Crippen molar-refractivity contribution in [2.45, 2.75) is 45.4 Å². The molecule has 0 spiro atoms. The predicted octanol–water partition coefficient (Wildman–Crippen LogP) is 0.823. The summed E-state index contributed by atoms with van der Waals surface area (Å²) >= 11 is 0. The van der Waals surface area contributed by atoms with Crippen LogP contribution in [-0.2, 0) is 14.6 Å². The van der Waals surface area contributed by atoms with E-state index in [4.69, 9.17) is 4.74 Å². The number of hydrogen-bond donors (Lipinski definition) is 1. The van der Waals surface area contributed by atoms with E-state index in [1.54, 1.807) is 7.11 Å². The van der Waals surface area contributed by atoms with Crippen molar-refractivity contribution < 1.29 is 13.2 Å². The molecule has 4 nitrogen and oxygen atoms in total. The Balaban J connectivity index is 2.46. The maximum atomic E-state index is 11.1. The van der Waals surface area contributed by atoms with Crippen molar-refractivity contribution in [1.29, 1.82) is 0 Å². The maximum absolute atomic E-state index is 11.1. The molecule has 0 aromatic carbocycles. The van der Waals surface area contributed by atoms with Gasteiger partial charge in [-0.15, -0.1) is 0 Å². The van der Waals surface area contributed by atoms with E-state index in [1.807, 2.05) is 6.92 Å². The van der Waals surface area contributed by atoms with Gasteiger partial charge in [0.1, 0.15) is 9.84 Å². The molecule has 1 N–H and O–H groups in total. The van der Waals surface area contributed by atoms with Crippen LogP contribution in [0.4, 0.5) is 0 Å². The molecule has 0 aromatic rings. The van der Waals surface area contributed by atoms with E-state index in [1.165, 1.54) is 6.26 Å². The fraction of sp³-hybridized carbons (Fsp3) is 1.00. The van der Waals surface area contributed by atoms with Gasteiger partial charge >= 0.3 is 0 Å². The monoisotopic (exact) mass is 249 g/mol. The van der Waals surface area contributed by atoms with Crippen molar-refractivity contribution in [2.75, 3.05) is 19.1 Å². The largest absolute Gasteiger partial charge is 0.381 e. The lowest BCUT2D eigenvalue weighted by Gasteiger charge is -2.52. The fourth-order valence-electron chi connectivity index (χ4n) is 2.41. The molecular formula is C11H23NO3S. The smallest absolute Gasteiger partial charge is 0.148 e. The molecule has 3 atom stereocenters. The van der Waals surface area contributed by atoms with Gasteiger partial charge in [0.2, 0.25) is 0 Å². The summed E-state index contributed by atoms with van der Waals surface area (Å²) in [5.74, 6) is 0.192. The third kappa shape index (κ3) is 3.18. The van der Waals surface area contributed by atoms with E-state index in [9.17, 15) is 8.42 Å². The Hall–Kier alpha value is -0.130. The molecule has 96 valence electrons.